The van der Waals surface area contributed by atoms with Crippen LogP contribution in [0.25, 0.3) is 0 Å². The molecule has 0 bridgehead atoms. The first-order valence-corrected chi connectivity index (χ1v) is 6.88. The van der Waals surface area contributed by atoms with Crippen molar-refractivity contribution in [3.63, 3.8) is 0 Å². The molecule has 0 aliphatic carbocycles. The van der Waals surface area contributed by atoms with E-state index in [4.69, 9.17) is 9.47 Å². The molecule has 6 heteroatoms. The van der Waals surface area contributed by atoms with Gasteiger partial charge in [0.15, 0.2) is 0 Å². The van der Waals surface area contributed by atoms with Crippen LogP contribution in [0.5, 0.6) is 0 Å². The molecule has 1 fully saturated rings. The van der Waals surface area contributed by atoms with E-state index < -0.39 is 35.1 Å². The van der Waals surface area contributed by atoms with Crippen LogP contribution in [0.3, 0.4) is 0 Å². The monoisotopic (exact) mass is 287 g/mol. The molecule has 0 saturated carbocycles. The Bertz CT molecular complexity index is 368. The maximum atomic E-state index is 12.6. The molecule has 0 aromatic rings. The Hall–Kier alpha value is -1.14. The van der Waals surface area contributed by atoms with Crippen molar-refractivity contribution in [2.24, 2.45) is 5.92 Å². The van der Waals surface area contributed by atoms with Crippen molar-refractivity contribution < 1.29 is 24.2 Å². The predicted octanol–water partition coefficient (Wildman–Crippen LogP) is 1.19. The summed E-state index contributed by atoms with van der Waals surface area (Å²) in [5, 5.41) is 12.3. The Morgan fingerprint density at radius 3 is 2.30 bits per heavy atom. The average molecular weight is 287 g/mol. The molecule has 0 radical (unpaired) electrons. The number of hydrogen-bond donors (Lipinski definition) is 2. The van der Waals surface area contributed by atoms with Crippen molar-refractivity contribution in [1.82, 2.24) is 5.32 Å². The summed E-state index contributed by atoms with van der Waals surface area (Å²) in [6.45, 7) is 7.55. The molecule has 20 heavy (non-hydrogen) atoms. The Morgan fingerprint density at radius 2 is 1.95 bits per heavy atom. The number of nitrogens with one attached hydrogen (secondary N) is 1. The molecular weight excluding hydrogens is 262 g/mol. The second-order valence-corrected chi connectivity index (χ2v) is 6.29. The van der Waals surface area contributed by atoms with Gasteiger partial charge in [0.05, 0.1) is 12.0 Å². The van der Waals surface area contributed by atoms with Crippen LogP contribution in [-0.4, -0.2) is 47.9 Å². The fraction of sp³-hybridized carbons (Fsp3) is 0.857. The first-order valence-electron chi connectivity index (χ1n) is 6.88. The highest BCUT2D eigenvalue weighted by Gasteiger charge is 2.53. The molecule has 0 aromatic carbocycles. The second-order valence-electron chi connectivity index (χ2n) is 6.29. The van der Waals surface area contributed by atoms with Gasteiger partial charge in [0.1, 0.15) is 11.1 Å². The summed E-state index contributed by atoms with van der Waals surface area (Å²) < 4.78 is 10.8. The van der Waals surface area contributed by atoms with E-state index in [1.807, 2.05) is 0 Å². The Balaban J connectivity index is 3.07. The van der Waals surface area contributed by atoms with E-state index in [2.05, 4.69) is 5.32 Å². The summed E-state index contributed by atoms with van der Waals surface area (Å²) in [5.41, 5.74) is -1.71. The van der Waals surface area contributed by atoms with Gasteiger partial charge in [-0.25, -0.2) is 4.79 Å². The van der Waals surface area contributed by atoms with Crippen molar-refractivity contribution in [2.75, 3.05) is 13.7 Å². The number of carboxylic acid groups (broad SMARTS) is 1. The number of ether oxygens (including phenoxy) is 2. The number of carboxylic acids is 1. The molecule has 2 N–H and O–H groups in total. The van der Waals surface area contributed by atoms with E-state index in [0.717, 1.165) is 6.42 Å². The van der Waals surface area contributed by atoms with Crippen LogP contribution >= 0.6 is 0 Å². The highest BCUT2D eigenvalue weighted by atomic mass is 16.6. The van der Waals surface area contributed by atoms with Gasteiger partial charge >= 0.3 is 11.9 Å². The molecule has 1 aliphatic heterocycles. The van der Waals surface area contributed by atoms with Crippen LogP contribution in [0, 0.1) is 5.92 Å². The molecule has 1 aliphatic rings. The van der Waals surface area contributed by atoms with Crippen LogP contribution in [0.15, 0.2) is 0 Å². The van der Waals surface area contributed by atoms with E-state index in [1.165, 1.54) is 7.11 Å². The zero-order chi connectivity index (χ0) is 15.6. The Morgan fingerprint density at radius 1 is 1.35 bits per heavy atom. The van der Waals surface area contributed by atoms with Crippen LogP contribution in [0.4, 0.5) is 0 Å². The van der Waals surface area contributed by atoms with Crippen molar-refractivity contribution in [2.45, 2.75) is 57.8 Å². The maximum Gasteiger partial charge on any atom is 0.329 e. The van der Waals surface area contributed by atoms with E-state index in [-0.39, 0.29) is 0 Å². The molecular formula is C14H25NO5. The van der Waals surface area contributed by atoms with Crippen molar-refractivity contribution in [1.29, 1.82) is 0 Å². The van der Waals surface area contributed by atoms with Crippen LogP contribution in [0.2, 0.25) is 0 Å². The highest BCUT2D eigenvalue weighted by molar-refractivity contribution is 5.84. The van der Waals surface area contributed by atoms with E-state index in [9.17, 15) is 14.7 Å². The van der Waals surface area contributed by atoms with Gasteiger partial charge in [-0.2, -0.15) is 0 Å². The summed E-state index contributed by atoms with van der Waals surface area (Å²) in [5.74, 6) is -2.24. The fourth-order valence-electron chi connectivity index (χ4n) is 2.63. The topological polar surface area (TPSA) is 84.9 Å². The number of hydrogen-bond acceptors (Lipinski definition) is 5. The second kappa shape index (κ2) is 6.10. The van der Waals surface area contributed by atoms with Gasteiger partial charge in [-0.15, -0.1) is 0 Å². The molecule has 3 atom stereocenters. The molecule has 116 valence electrons. The minimum absolute atomic E-state index is 0.442. The standard InChI is InChI=1S/C14H25NO5/c1-9(11(16)17)10(19-5)14(7-6-8-15-14)12(18)20-13(2,3)4/h9-10,15H,6-8H2,1-5H3,(H,16,17)/t9-,10-,14+/m1/s1. The molecule has 6 nitrogen and oxygen atoms in total. The molecule has 0 amide bonds. The molecule has 0 aromatic heterocycles. The average Bonchev–Trinajstić information content (AvgIpc) is 2.78. The van der Waals surface area contributed by atoms with Crippen LogP contribution in [0.1, 0.15) is 40.5 Å². The van der Waals surface area contributed by atoms with Crippen molar-refractivity contribution >= 4 is 11.9 Å². The molecule has 1 rings (SSSR count). The number of esters is 1. The molecule has 0 unspecified atom stereocenters. The van der Waals surface area contributed by atoms with Gasteiger partial charge in [-0.1, -0.05) is 0 Å². The molecule has 1 heterocycles. The summed E-state index contributed by atoms with van der Waals surface area (Å²) in [4.78, 5) is 23.8. The lowest BCUT2D eigenvalue weighted by molar-refractivity contribution is -0.173. The SMILES string of the molecule is CO[C@H]([C@@H](C)C(=O)O)[C@]1(C(=O)OC(C)(C)C)CCCN1. The Kier molecular flexibility index (Phi) is 5.15. The van der Waals surface area contributed by atoms with Gasteiger partial charge in [-0.05, 0) is 47.1 Å². The summed E-state index contributed by atoms with van der Waals surface area (Å²) >= 11 is 0. The molecule has 0 spiro atoms. The molecule has 1 saturated heterocycles. The van der Waals surface area contributed by atoms with E-state index >= 15 is 0 Å². The van der Waals surface area contributed by atoms with Gasteiger partial charge in [0.2, 0.25) is 0 Å². The minimum Gasteiger partial charge on any atom is -0.481 e. The van der Waals surface area contributed by atoms with Crippen molar-refractivity contribution in [3.05, 3.63) is 0 Å². The van der Waals surface area contributed by atoms with Gasteiger partial charge in [0, 0.05) is 7.11 Å². The number of rotatable bonds is 5. The number of carbonyl (C=O) groups excluding carboxylic acids is 1. The van der Waals surface area contributed by atoms with Crippen molar-refractivity contribution in [3.8, 4) is 0 Å². The van der Waals surface area contributed by atoms with Gasteiger partial charge in [-0.3, -0.25) is 10.1 Å². The Labute approximate surface area is 119 Å². The maximum absolute atomic E-state index is 12.6. The third kappa shape index (κ3) is 3.49. The summed E-state index contributed by atoms with van der Waals surface area (Å²) in [7, 11) is 1.43. The minimum atomic E-state index is -1.08. The van der Waals surface area contributed by atoms with Crippen LogP contribution < -0.4 is 5.32 Å². The number of methoxy groups -OCH3 is 1. The smallest absolute Gasteiger partial charge is 0.329 e. The third-order valence-corrected chi connectivity index (χ3v) is 3.53. The van der Waals surface area contributed by atoms with Gasteiger partial charge < -0.3 is 14.6 Å². The highest BCUT2D eigenvalue weighted by Crippen LogP contribution is 2.32. The first-order chi connectivity index (χ1) is 9.14. The third-order valence-electron chi connectivity index (χ3n) is 3.53. The first kappa shape index (κ1) is 16.9. The summed E-state index contributed by atoms with van der Waals surface area (Å²) in [6, 6.07) is 0. The van der Waals surface area contributed by atoms with E-state index in [1.54, 1.807) is 27.7 Å². The normalized spacial score (nSPS) is 26.1. The van der Waals surface area contributed by atoms with Gasteiger partial charge in [0.25, 0.3) is 0 Å². The largest absolute Gasteiger partial charge is 0.481 e. The fourth-order valence-corrected chi connectivity index (χ4v) is 2.63. The lowest BCUT2D eigenvalue weighted by Crippen LogP contribution is -2.62. The quantitative estimate of drug-likeness (QED) is 0.739. The lowest BCUT2D eigenvalue weighted by atomic mass is 9.83. The zero-order valence-corrected chi connectivity index (χ0v) is 12.9. The van der Waals surface area contributed by atoms with Crippen LogP contribution in [-0.2, 0) is 19.1 Å². The zero-order valence-electron chi connectivity index (χ0n) is 12.9. The summed E-state index contributed by atoms with van der Waals surface area (Å²) in [6.07, 6.45) is 0.529. The lowest BCUT2D eigenvalue weighted by Gasteiger charge is -2.38. The number of carbonyl (C=O) groups is 2. The predicted molar refractivity (Wildman–Crippen MR) is 73.4 cm³/mol. The van der Waals surface area contributed by atoms with E-state index in [0.29, 0.717) is 13.0 Å². The number of aliphatic carboxylic acids is 1.